The van der Waals surface area contributed by atoms with Crippen LogP contribution in [-0.2, 0) is 0 Å². The molecule has 1 aromatic heterocycles. The number of aromatic nitrogens is 1. The summed E-state index contributed by atoms with van der Waals surface area (Å²) in [5.41, 5.74) is 0. The summed E-state index contributed by atoms with van der Waals surface area (Å²) in [5.74, 6) is 0.639. The van der Waals surface area contributed by atoms with Gasteiger partial charge in [0.1, 0.15) is 6.61 Å². The van der Waals surface area contributed by atoms with Crippen molar-refractivity contribution in [2.45, 2.75) is 6.92 Å². The van der Waals surface area contributed by atoms with Gasteiger partial charge in [0.25, 0.3) is 0 Å². The molecule has 47 valence electrons. The maximum Gasteiger partial charge on any atom is 0.213 e. The van der Waals surface area contributed by atoms with Crippen LogP contribution in [0.4, 0.5) is 0 Å². The SMILES string of the molecule is C[CH]Oc1ccccn1. The van der Waals surface area contributed by atoms with E-state index in [0.29, 0.717) is 5.88 Å². The van der Waals surface area contributed by atoms with E-state index in [1.165, 1.54) is 0 Å². The molecule has 0 unspecified atom stereocenters. The highest BCUT2D eigenvalue weighted by Crippen LogP contribution is 2.02. The van der Waals surface area contributed by atoms with Crippen LogP contribution in [0.5, 0.6) is 5.88 Å². The van der Waals surface area contributed by atoms with E-state index in [2.05, 4.69) is 4.98 Å². The molecule has 0 saturated carbocycles. The Morgan fingerprint density at radius 1 is 1.56 bits per heavy atom. The Balaban J connectivity index is 2.61. The highest BCUT2D eigenvalue weighted by Gasteiger charge is 1.86. The van der Waals surface area contributed by atoms with Crippen LogP contribution in [0.1, 0.15) is 6.92 Å². The van der Waals surface area contributed by atoms with Crippen molar-refractivity contribution in [2.75, 3.05) is 0 Å². The normalized spacial score (nSPS) is 9.00. The summed E-state index contributed by atoms with van der Waals surface area (Å²) < 4.78 is 4.97. The Morgan fingerprint density at radius 3 is 3.00 bits per heavy atom. The Kier molecular flexibility index (Phi) is 2.07. The van der Waals surface area contributed by atoms with Crippen LogP contribution in [-0.4, -0.2) is 4.98 Å². The van der Waals surface area contributed by atoms with Gasteiger partial charge in [-0.05, 0) is 13.0 Å². The fourth-order valence-electron chi connectivity index (χ4n) is 0.538. The molecular weight excluding hydrogens is 114 g/mol. The third-order valence-corrected chi connectivity index (χ3v) is 0.876. The van der Waals surface area contributed by atoms with Crippen molar-refractivity contribution in [2.24, 2.45) is 0 Å². The molecule has 1 rings (SSSR count). The molecule has 2 nitrogen and oxygen atoms in total. The van der Waals surface area contributed by atoms with Gasteiger partial charge in [-0.1, -0.05) is 6.07 Å². The second-order valence-corrected chi connectivity index (χ2v) is 1.52. The first-order valence-corrected chi connectivity index (χ1v) is 2.79. The van der Waals surface area contributed by atoms with Gasteiger partial charge in [-0.25, -0.2) is 4.98 Å². The molecule has 0 aliphatic rings. The van der Waals surface area contributed by atoms with Crippen LogP contribution in [0, 0.1) is 6.61 Å². The van der Waals surface area contributed by atoms with Crippen molar-refractivity contribution in [3.8, 4) is 5.88 Å². The summed E-state index contributed by atoms with van der Waals surface area (Å²) in [7, 11) is 0. The van der Waals surface area contributed by atoms with E-state index in [1.54, 1.807) is 18.9 Å². The molecule has 0 amide bonds. The average Bonchev–Trinajstić information content (AvgIpc) is 1.91. The molecule has 1 heterocycles. The van der Waals surface area contributed by atoms with Crippen molar-refractivity contribution in [1.82, 2.24) is 4.98 Å². The highest BCUT2D eigenvalue weighted by molar-refractivity contribution is 5.09. The lowest BCUT2D eigenvalue weighted by atomic mass is 10.5. The molecule has 0 aliphatic heterocycles. The van der Waals surface area contributed by atoms with Gasteiger partial charge in [0, 0.05) is 12.3 Å². The molecule has 1 radical (unpaired) electrons. The lowest BCUT2D eigenvalue weighted by Crippen LogP contribution is -1.86. The smallest absolute Gasteiger partial charge is 0.213 e. The zero-order chi connectivity index (χ0) is 6.53. The zero-order valence-electron chi connectivity index (χ0n) is 5.24. The van der Waals surface area contributed by atoms with Gasteiger partial charge in [-0.2, -0.15) is 0 Å². The number of pyridine rings is 1. The predicted octanol–water partition coefficient (Wildman–Crippen LogP) is 1.64. The lowest BCUT2D eigenvalue weighted by molar-refractivity contribution is 0.400. The van der Waals surface area contributed by atoms with E-state index in [0.717, 1.165) is 0 Å². The summed E-state index contributed by atoms with van der Waals surface area (Å²) in [6.45, 7) is 3.41. The van der Waals surface area contributed by atoms with Crippen molar-refractivity contribution in [1.29, 1.82) is 0 Å². The number of ether oxygens (including phenoxy) is 1. The van der Waals surface area contributed by atoms with Gasteiger partial charge in [-0.3, -0.25) is 0 Å². The van der Waals surface area contributed by atoms with Gasteiger partial charge < -0.3 is 4.74 Å². The highest BCUT2D eigenvalue weighted by atomic mass is 16.5. The molecule has 0 aromatic carbocycles. The number of nitrogens with zero attached hydrogens (tertiary/aromatic N) is 1. The summed E-state index contributed by atoms with van der Waals surface area (Å²) in [5, 5.41) is 0. The van der Waals surface area contributed by atoms with E-state index >= 15 is 0 Å². The van der Waals surface area contributed by atoms with Crippen molar-refractivity contribution in [3.63, 3.8) is 0 Å². The van der Waals surface area contributed by atoms with Crippen molar-refractivity contribution < 1.29 is 4.74 Å². The van der Waals surface area contributed by atoms with E-state index in [9.17, 15) is 0 Å². The standard InChI is InChI=1S/C7H8NO/c1-2-9-7-5-3-4-6-8-7/h2-6H,1H3. The molecule has 9 heavy (non-hydrogen) atoms. The van der Waals surface area contributed by atoms with E-state index < -0.39 is 0 Å². The van der Waals surface area contributed by atoms with Gasteiger partial charge in [0.15, 0.2) is 0 Å². The minimum Gasteiger partial charge on any atom is -0.471 e. The van der Waals surface area contributed by atoms with Gasteiger partial charge in [-0.15, -0.1) is 0 Å². The molecule has 0 aliphatic carbocycles. The molecule has 2 heteroatoms. The predicted molar refractivity (Wildman–Crippen MR) is 34.8 cm³/mol. The maximum absolute atomic E-state index is 4.97. The summed E-state index contributed by atoms with van der Waals surface area (Å²) >= 11 is 0. The van der Waals surface area contributed by atoms with Crippen LogP contribution in [0.15, 0.2) is 24.4 Å². The third kappa shape index (κ3) is 1.72. The first-order chi connectivity index (χ1) is 4.43. The monoisotopic (exact) mass is 122 g/mol. The van der Waals surface area contributed by atoms with E-state index in [1.807, 2.05) is 19.1 Å². The molecule has 0 spiro atoms. The second-order valence-electron chi connectivity index (χ2n) is 1.52. The van der Waals surface area contributed by atoms with E-state index in [4.69, 9.17) is 4.74 Å². The van der Waals surface area contributed by atoms with Gasteiger partial charge >= 0.3 is 0 Å². The van der Waals surface area contributed by atoms with Gasteiger partial charge in [0.2, 0.25) is 5.88 Å². The fourth-order valence-corrected chi connectivity index (χ4v) is 0.538. The Bertz CT molecular complexity index is 162. The third-order valence-electron chi connectivity index (χ3n) is 0.876. The Hall–Kier alpha value is -1.05. The number of hydrogen-bond acceptors (Lipinski definition) is 2. The molecule has 0 saturated heterocycles. The minimum absolute atomic E-state index is 0.639. The average molecular weight is 122 g/mol. The Labute approximate surface area is 54.5 Å². The number of hydrogen-bond donors (Lipinski definition) is 0. The molecule has 0 fully saturated rings. The fraction of sp³-hybridized carbons (Fsp3) is 0.143. The second kappa shape index (κ2) is 3.07. The van der Waals surface area contributed by atoms with Crippen LogP contribution >= 0.6 is 0 Å². The minimum atomic E-state index is 0.639. The summed E-state index contributed by atoms with van der Waals surface area (Å²) in [6, 6.07) is 5.54. The van der Waals surface area contributed by atoms with Crippen LogP contribution < -0.4 is 4.74 Å². The molecule has 0 bridgehead atoms. The molecule has 0 atom stereocenters. The largest absolute Gasteiger partial charge is 0.471 e. The zero-order valence-corrected chi connectivity index (χ0v) is 5.24. The lowest BCUT2D eigenvalue weighted by Gasteiger charge is -1.96. The molecular formula is C7H8NO. The quantitative estimate of drug-likeness (QED) is 0.595. The van der Waals surface area contributed by atoms with Crippen molar-refractivity contribution >= 4 is 0 Å². The molecule has 1 aromatic rings. The maximum atomic E-state index is 4.97. The first kappa shape index (κ1) is 6.08. The van der Waals surface area contributed by atoms with Crippen LogP contribution in [0.2, 0.25) is 0 Å². The van der Waals surface area contributed by atoms with Gasteiger partial charge in [0.05, 0.1) is 0 Å². The number of rotatable bonds is 2. The van der Waals surface area contributed by atoms with Crippen molar-refractivity contribution in [3.05, 3.63) is 31.0 Å². The first-order valence-electron chi connectivity index (χ1n) is 2.79. The van der Waals surface area contributed by atoms with E-state index in [-0.39, 0.29) is 0 Å². The topological polar surface area (TPSA) is 22.1 Å². The molecule has 0 N–H and O–H groups in total. The van der Waals surface area contributed by atoms with Crippen LogP contribution in [0.25, 0.3) is 0 Å². The summed E-state index contributed by atoms with van der Waals surface area (Å²) in [6.07, 6.45) is 1.69. The Morgan fingerprint density at radius 2 is 2.44 bits per heavy atom. The summed E-state index contributed by atoms with van der Waals surface area (Å²) in [4.78, 5) is 3.92. The van der Waals surface area contributed by atoms with Crippen LogP contribution in [0.3, 0.4) is 0 Å².